The molecule has 0 unspecified atom stereocenters. The molecule has 0 aromatic heterocycles. The third kappa shape index (κ3) is 121. The quantitative estimate of drug-likeness (QED) is 0.394. The summed E-state index contributed by atoms with van der Waals surface area (Å²) in [6.45, 7) is 5.90. The topological polar surface area (TPSA) is 0 Å². The molecule has 0 nitrogen and oxygen atoms in total. The van der Waals surface area contributed by atoms with Crippen LogP contribution in [0.2, 0.25) is 0 Å². The van der Waals surface area contributed by atoms with Gasteiger partial charge in [0.1, 0.15) is 0 Å². The Labute approximate surface area is 40.6 Å². The van der Waals surface area contributed by atoms with Gasteiger partial charge in [0.15, 0.2) is 0 Å². The minimum Gasteiger partial charge on any atom is -0.120 e. The van der Waals surface area contributed by atoms with Gasteiger partial charge in [-0.05, 0) is 6.92 Å². The summed E-state index contributed by atoms with van der Waals surface area (Å²) in [5, 5.41) is 0. The van der Waals surface area contributed by atoms with Crippen LogP contribution in [0.3, 0.4) is 0 Å². The van der Waals surface area contributed by atoms with Gasteiger partial charge in [-0.1, -0.05) is 20.3 Å². The van der Waals surface area contributed by atoms with Crippen molar-refractivity contribution in [3.05, 3.63) is 0 Å². The van der Waals surface area contributed by atoms with Gasteiger partial charge in [0, 0.05) is 0 Å². The largest absolute Gasteiger partial charge is 0.120 e. The van der Waals surface area contributed by atoms with Crippen LogP contribution in [0, 0.1) is 12.3 Å². The Morgan fingerprint density at radius 3 is 1.50 bits per heavy atom. The summed E-state index contributed by atoms with van der Waals surface area (Å²) in [6, 6.07) is 0. The molecule has 0 aliphatic heterocycles. The zero-order valence-corrected chi connectivity index (χ0v) is 4.78. The van der Waals surface area contributed by atoms with Crippen molar-refractivity contribution in [2.45, 2.75) is 27.2 Å². The fourth-order valence-corrected chi connectivity index (χ4v) is 0. The van der Waals surface area contributed by atoms with E-state index in [1.807, 2.05) is 0 Å². The molecule has 0 amide bonds. The molecule has 0 aromatic carbocycles. The normalized spacial score (nSPS) is 4.33. The van der Waals surface area contributed by atoms with Gasteiger partial charge in [-0.25, -0.2) is 0 Å². The maximum atomic E-state index is 4.60. The first-order valence-electron chi connectivity index (χ1n) is 2.20. The van der Waals surface area contributed by atoms with Crippen LogP contribution in [0.15, 0.2) is 0 Å². The summed E-state index contributed by atoms with van der Waals surface area (Å²) < 4.78 is 0. The first-order chi connectivity index (χ1) is 2.83. The number of hydrogen-bond donors (Lipinski definition) is 0. The minimum atomic E-state index is 1.25. The lowest BCUT2D eigenvalue weighted by atomic mass is 10.6. The summed E-state index contributed by atoms with van der Waals surface area (Å²) in [6.07, 6.45) is 5.85. The average molecular weight is 84.2 g/mol. The second-order valence-corrected chi connectivity index (χ2v) is 0.996. The predicted molar refractivity (Wildman–Crippen MR) is 30.5 cm³/mol. The molecule has 0 aromatic rings. The third-order valence-electron chi connectivity index (χ3n) is 0. The predicted octanol–water partition coefficient (Wildman–Crippen LogP) is 2.06. The maximum absolute atomic E-state index is 4.60. The molecular weight excluding hydrogens is 72.1 g/mol. The summed E-state index contributed by atoms with van der Waals surface area (Å²) in [5.41, 5.74) is 0. The van der Waals surface area contributed by atoms with Crippen LogP contribution >= 0.6 is 0 Å². The van der Waals surface area contributed by atoms with Crippen molar-refractivity contribution in [3.63, 3.8) is 0 Å². The molecule has 0 radical (unpaired) electrons. The highest BCUT2D eigenvalue weighted by molar-refractivity contribution is 4.73. The van der Waals surface area contributed by atoms with Gasteiger partial charge in [0.05, 0.1) is 0 Å². The van der Waals surface area contributed by atoms with E-state index >= 15 is 0 Å². The first kappa shape index (κ1) is 9.12. The molecule has 0 fully saturated rings. The van der Waals surface area contributed by atoms with Crippen LogP contribution in [0.5, 0.6) is 0 Å². The maximum Gasteiger partial charge on any atom is -0.00297 e. The van der Waals surface area contributed by atoms with E-state index in [0.717, 1.165) is 0 Å². The van der Waals surface area contributed by atoms with E-state index < -0.39 is 0 Å². The summed E-state index contributed by atoms with van der Waals surface area (Å²) in [4.78, 5) is 0. The van der Waals surface area contributed by atoms with E-state index in [0.29, 0.717) is 0 Å². The molecule has 36 valence electrons. The Hall–Kier alpha value is -0.440. The van der Waals surface area contributed by atoms with Gasteiger partial charge in [0.25, 0.3) is 0 Å². The highest BCUT2D eigenvalue weighted by Gasteiger charge is 1.35. The summed E-state index contributed by atoms with van der Waals surface area (Å²) in [7, 11) is 0. The lowest BCUT2D eigenvalue weighted by molar-refractivity contribution is 1.09. The molecule has 0 spiro atoms. The highest BCUT2D eigenvalue weighted by Crippen LogP contribution is 1.56. The van der Waals surface area contributed by atoms with Crippen LogP contribution < -0.4 is 0 Å². The average Bonchev–Trinajstić information content (AvgIpc) is 1.39. The standard InChI is InChI=1S/C3H8.C3H4/c2*1-3-2/h3H2,1-2H3;1H,2H3. The minimum absolute atomic E-state index is 1.25. The van der Waals surface area contributed by atoms with Crippen molar-refractivity contribution in [1.82, 2.24) is 0 Å². The second-order valence-electron chi connectivity index (χ2n) is 0.996. The molecule has 0 saturated carbocycles. The Balaban J connectivity index is 0. The molecule has 0 saturated heterocycles. The fraction of sp³-hybridized carbons (Fsp3) is 0.667. The van der Waals surface area contributed by atoms with Crippen molar-refractivity contribution in [2.24, 2.45) is 0 Å². The highest BCUT2D eigenvalue weighted by atomic mass is 13.4. The summed E-state index contributed by atoms with van der Waals surface area (Å²) in [5.74, 6) is 2.25. The van der Waals surface area contributed by atoms with Crippen molar-refractivity contribution in [1.29, 1.82) is 0 Å². The van der Waals surface area contributed by atoms with E-state index in [4.69, 9.17) is 0 Å². The Kier molecular flexibility index (Phi) is 36.1. The van der Waals surface area contributed by atoms with Crippen LogP contribution in [0.1, 0.15) is 27.2 Å². The van der Waals surface area contributed by atoms with E-state index in [2.05, 4.69) is 26.2 Å². The van der Waals surface area contributed by atoms with Gasteiger partial charge in [-0.15, -0.1) is 12.3 Å². The zero-order chi connectivity index (χ0) is 5.41. The third-order valence-corrected chi connectivity index (χ3v) is 0. The molecule has 0 atom stereocenters. The molecule has 6 heavy (non-hydrogen) atoms. The lowest BCUT2D eigenvalue weighted by Gasteiger charge is -1.48. The Morgan fingerprint density at radius 2 is 1.50 bits per heavy atom. The van der Waals surface area contributed by atoms with E-state index in [-0.39, 0.29) is 0 Å². The molecule has 0 heterocycles. The molecule has 0 heteroatoms. The van der Waals surface area contributed by atoms with Crippen molar-refractivity contribution >= 4 is 0 Å². The SMILES string of the molecule is C#CC.CCC. The van der Waals surface area contributed by atoms with Crippen LogP contribution in [-0.4, -0.2) is 0 Å². The van der Waals surface area contributed by atoms with Gasteiger partial charge in [0.2, 0.25) is 0 Å². The van der Waals surface area contributed by atoms with Gasteiger partial charge in [-0.3, -0.25) is 0 Å². The number of hydrogen-bond acceptors (Lipinski definition) is 0. The van der Waals surface area contributed by atoms with Gasteiger partial charge in [-0.2, -0.15) is 0 Å². The number of rotatable bonds is 0. The molecule has 0 aliphatic carbocycles. The van der Waals surface area contributed by atoms with E-state index in [1.54, 1.807) is 6.92 Å². The van der Waals surface area contributed by atoms with Crippen molar-refractivity contribution in [3.8, 4) is 12.3 Å². The summed E-state index contributed by atoms with van der Waals surface area (Å²) >= 11 is 0. The fourth-order valence-electron chi connectivity index (χ4n) is 0. The molecule has 0 bridgehead atoms. The molecule has 0 N–H and O–H groups in total. The Bertz CT molecular complexity index is 29.8. The first-order valence-corrected chi connectivity index (χ1v) is 2.20. The van der Waals surface area contributed by atoms with Gasteiger partial charge >= 0.3 is 0 Å². The smallest absolute Gasteiger partial charge is 0.00297 e. The second kappa shape index (κ2) is 23.7. The molecule has 0 aliphatic rings. The van der Waals surface area contributed by atoms with E-state index in [9.17, 15) is 0 Å². The molecular formula is C6H12. The molecule has 0 rings (SSSR count). The zero-order valence-electron chi connectivity index (χ0n) is 4.78. The van der Waals surface area contributed by atoms with Crippen molar-refractivity contribution < 1.29 is 0 Å². The van der Waals surface area contributed by atoms with E-state index in [1.165, 1.54) is 6.42 Å². The van der Waals surface area contributed by atoms with Gasteiger partial charge < -0.3 is 0 Å². The van der Waals surface area contributed by atoms with Crippen LogP contribution in [0.25, 0.3) is 0 Å². The Morgan fingerprint density at radius 1 is 1.50 bits per heavy atom. The monoisotopic (exact) mass is 84.1 g/mol. The van der Waals surface area contributed by atoms with Crippen LogP contribution in [0.4, 0.5) is 0 Å². The van der Waals surface area contributed by atoms with Crippen LogP contribution in [-0.2, 0) is 0 Å². The van der Waals surface area contributed by atoms with Crippen molar-refractivity contribution in [2.75, 3.05) is 0 Å². The number of terminal acetylenes is 1. The lowest BCUT2D eigenvalue weighted by Crippen LogP contribution is -1.27.